The van der Waals surface area contributed by atoms with Crippen LogP contribution >= 0.6 is 11.9 Å². The molecular formula is C20H26N6OS. The van der Waals surface area contributed by atoms with Gasteiger partial charge in [0.15, 0.2) is 0 Å². The summed E-state index contributed by atoms with van der Waals surface area (Å²) in [7, 11) is 0. The number of pyridine rings is 2. The monoisotopic (exact) mass is 398 g/mol. The van der Waals surface area contributed by atoms with Crippen LogP contribution in [-0.2, 0) is 0 Å². The third kappa shape index (κ3) is 4.07. The average molecular weight is 399 g/mol. The van der Waals surface area contributed by atoms with Gasteiger partial charge in [0, 0.05) is 55.1 Å². The van der Waals surface area contributed by atoms with E-state index in [0.717, 1.165) is 59.9 Å². The van der Waals surface area contributed by atoms with Crippen molar-refractivity contribution in [2.24, 2.45) is 0 Å². The number of rotatable bonds is 6. The molecular weight excluding hydrogens is 372 g/mol. The number of H-pyrrole nitrogens is 1. The molecule has 0 spiro atoms. The van der Waals surface area contributed by atoms with Gasteiger partial charge < -0.3 is 9.64 Å². The maximum atomic E-state index is 5.75. The van der Waals surface area contributed by atoms with E-state index in [2.05, 4.69) is 42.4 Å². The highest BCUT2D eigenvalue weighted by atomic mass is 32.2. The van der Waals surface area contributed by atoms with Crippen LogP contribution in [0.4, 0.5) is 5.82 Å². The molecule has 28 heavy (non-hydrogen) atoms. The van der Waals surface area contributed by atoms with Gasteiger partial charge in [0.1, 0.15) is 11.5 Å². The van der Waals surface area contributed by atoms with Gasteiger partial charge in [-0.15, -0.1) is 0 Å². The number of fused-ring (bicyclic) bond motifs is 1. The first kappa shape index (κ1) is 19.0. The van der Waals surface area contributed by atoms with Crippen molar-refractivity contribution in [3.63, 3.8) is 0 Å². The Kier molecular flexibility index (Phi) is 5.68. The van der Waals surface area contributed by atoms with Gasteiger partial charge in [0.25, 0.3) is 0 Å². The van der Waals surface area contributed by atoms with E-state index >= 15 is 0 Å². The number of aromatic amines is 1. The molecule has 4 heterocycles. The zero-order valence-corrected chi connectivity index (χ0v) is 17.4. The number of hydrogen-bond donors (Lipinski definition) is 1. The first-order valence-electron chi connectivity index (χ1n) is 9.74. The van der Waals surface area contributed by atoms with Crippen LogP contribution in [0.3, 0.4) is 0 Å². The largest absolute Gasteiger partial charge is 0.475 e. The standard InChI is InChI=1S/C20H26N6OS/c1-4-28-26-9-7-25(8-10-26)18-11-15(5-6-21-18)20-16-12-19(27-14(2)3)22-13-17(16)23-24-20/h5-6,11-14H,4,7-10H2,1-3H3,(H,23,24). The Hall–Kier alpha value is -2.32. The van der Waals surface area contributed by atoms with E-state index in [-0.39, 0.29) is 6.10 Å². The van der Waals surface area contributed by atoms with Gasteiger partial charge in [0.05, 0.1) is 17.8 Å². The Morgan fingerprint density at radius 3 is 2.75 bits per heavy atom. The van der Waals surface area contributed by atoms with Crippen molar-refractivity contribution in [3.8, 4) is 17.1 Å². The molecule has 0 saturated carbocycles. The minimum absolute atomic E-state index is 0.0809. The van der Waals surface area contributed by atoms with Crippen molar-refractivity contribution in [1.82, 2.24) is 24.5 Å². The van der Waals surface area contributed by atoms with Crippen molar-refractivity contribution in [1.29, 1.82) is 0 Å². The van der Waals surface area contributed by atoms with Crippen LogP contribution in [0.1, 0.15) is 20.8 Å². The van der Waals surface area contributed by atoms with Crippen molar-refractivity contribution < 1.29 is 4.74 Å². The maximum Gasteiger partial charge on any atom is 0.214 e. The lowest BCUT2D eigenvalue weighted by atomic mass is 10.1. The first-order valence-corrected chi connectivity index (χ1v) is 10.7. The Bertz CT molecular complexity index is 935. The topological polar surface area (TPSA) is 70.2 Å². The van der Waals surface area contributed by atoms with E-state index in [1.54, 1.807) is 6.20 Å². The summed E-state index contributed by atoms with van der Waals surface area (Å²) in [5.41, 5.74) is 2.84. The number of piperazine rings is 1. The maximum absolute atomic E-state index is 5.75. The third-order valence-corrected chi connectivity index (χ3v) is 5.66. The molecule has 0 atom stereocenters. The number of anilines is 1. The summed E-state index contributed by atoms with van der Waals surface area (Å²) in [6, 6.07) is 6.09. The van der Waals surface area contributed by atoms with E-state index in [1.807, 2.05) is 44.1 Å². The summed E-state index contributed by atoms with van der Waals surface area (Å²) in [6.45, 7) is 10.3. The molecule has 148 valence electrons. The summed E-state index contributed by atoms with van der Waals surface area (Å²) in [5, 5.41) is 8.61. The minimum Gasteiger partial charge on any atom is -0.475 e. The van der Waals surface area contributed by atoms with E-state index < -0.39 is 0 Å². The number of ether oxygens (including phenoxy) is 1. The molecule has 1 aliphatic rings. The van der Waals surface area contributed by atoms with Gasteiger partial charge in [-0.2, -0.15) is 5.10 Å². The predicted octanol–water partition coefficient (Wildman–Crippen LogP) is 3.60. The second-order valence-corrected chi connectivity index (χ2v) is 8.40. The van der Waals surface area contributed by atoms with Gasteiger partial charge in [-0.25, -0.2) is 14.3 Å². The predicted molar refractivity (Wildman–Crippen MR) is 115 cm³/mol. The second kappa shape index (κ2) is 8.36. The summed E-state index contributed by atoms with van der Waals surface area (Å²) >= 11 is 1.91. The van der Waals surface area contributed by atoms with Crippen molar-refractivity contribution in [2.75, 3.05) is 36.8 Å². The molecule has 3 aromatic heterocycles. The fraction of sp³-hybridized carbons (Fsp3) is 0.450. The Balaban J connectivity index is 1.59. The van der Waals surface area contributed by atoms with Crippen molar-refractivity contribution in [3.05, 3.63) is 30.6 Å². The van der Waals surface area contributed by atoms with Crippen LogP contribution in [0.5, 0.6) is 5.88 Å². The lowest BCUT2D eigenvalue weighted by molar-refractivity contribution is 0.233. The molecule has 0 bridgehead atoms. The molecule has 0 radical (unpaired) electrons. The molecule has 1 fully saturated rings. The van der Waals surface area contributed by atoms with Gasteiger partial charge in [-0.1, -0.05) is 18.9 Å². The van der Waals surface area contributed by atoms with Gasteiger partial charge in [0.2, 0.25) is 5.88 Å². The normalized spacial score (nSPS) is 15.5. The SMILES string of the molecule is CCSN1CCN(c2cc(-c3n[nH]c4cnc(OC(C)C)cc34)ccn2)CC1. The lowest BCUT2D eigenvalue weighted by Gasteiger charge is -2.34. The zero-order chi connectivity index (χ0) is 19.5. The zero-order valence-electron chi connectivity index (χ0n) is 16.6. The molecule has 1 N–H and O–H groups in total. The van der Waals surface area contributed by atoms with E-state index in [4.69, 9.17) is 4.74 Å². The molecule has 0 aromatic carbocycles. The van der Waals surface area contributed by atoms with Crippen LogP contribution in [0, 0.1) is 0 Å². The molecule has 1 saturated heterocycles. The van der Waals surface area contributed by atoms with Crippen LogP contribution < -0.4 is 9.64 Å². The van der Waals surface area contributed by atoms with Crippen LogP contribution in [-0.4, -0.2) is 62.5 Å². The average Bonchev–Trinajstić information content (AvgIpc) is 3.12. The summed E-state index contributed by atoms with van der Waals surface area (Å²) in [4.78, 5) is 11.3. The fourth-order valence-electron chi connectivity index (χ4n) is 3.39. The molecule has 8 heteroatoms. The van der Waals surface area contributed by atoms with Gasteiger partial charge >= 0.3 is 0 Å². The summed E-state index contributed by atoms with van der Waals surface area (Å²) < 4.78 is 8.19. The Morgan fingerprint density at radius 2 is 2.00 bits per heavy atom. The molecule has 0 amide bonds. The van der Waals surface area contributed by atoms with Gasteiger partial charge in [-0.05, 0) is 26.0 Å². The highest BCUT2D eigenvalue weighted by molar-refractivity contribution is 7.96. The van der Waals surface area contributed by atoms with E-state index in [1.165, 1.54) is 0 Å². The first-order chi connectivity index (χ1) is 13.6. The molecule has 1 aliphatic heterocycles. The highest BCUT2D eigenvalue weighted by Gasteiger charge is 2.19. The molecule has 4 rings (SSSR count). The van der Waals surface area contributed by atoms with Crippen molar-refractivity contribution in [2.45, 2.75) is 26.9 Å². The molecule has 7 nitrogen and oxygen atoms in total. The quantitative estimate of drug-likeness (QED) is 0.636. The van der Waals surface area contributed by atoms with E-state index in [9.17, 15) is 0 Å². The number of hydrogen-bond acceptors (Lipinski definition) is 7. The number of aromatic nitrogens is 4. The Morgan fingerprint density at radius 1 is 1.18 bits per heavy atom. The fourth-order valence-corrected chi connectivity index (χ4v) is 4.18. The number of nitrogens with zero attached hydrogens (tertiary/aromatic N) is 5. The van der Waals surface area contributed by atoms with Gasteiger partial charge in [-0.3, -0.25) is 5.10 Å². The summed E-state index contributed by atoms with van der Waals surface area (Å²) in [6.07, 6.45) is 3.72. The van der Waals surface area contributed by atoms with Crippen LogP contribution in [0.15, 0.2) is 30.6 Å². The highest BCUT2D eigenvalue weighted by Crippen LogP contribution is 2.30. The van der Waals surface area contributed by atoms with E-state index in [0.29, 0.717) is 5.88 Å². The van der Waals surface area contributed by atoms with Crippen LogP contribution in [0.25, 0.3) is 22.2 Å². The third-order valence-electron chi connectivity index (χ3n) is 4.67. The lowest BCUT2D eigenvalue weighted by Crippen LogP contribution is -2.43. The summed E-state index contributed by atoms with van der Waals surface area (Å²) in [5.74, 6) is 2.74. The van der Waals surface area contributed by atoms with Crippen LogP contribution in [0.2, 0.25) is 0 Å². The molecule has 0 unspecified atom stereocenters. The van der Waals surface area contributed by atoms with Crippen molar-refractivity contribution >= 4 is 28.7 Å². The smallest absolute Gasteiger partial charge is 0.214 e. The minimum atomic E-state index is 0.0809. The molecule has 0 aliphatic carbocycles. The second-order valence-electron chi connectivity index (χ2n) is 7.04. The Labute approximate surface area is 169 Å². The molecule has 3 aromatic rings. The number of nitrogens with one attached hydrogen (secondary N) is 1.